The van der Waals surface area contributed by atoms with Gasteiger partial charge in [0.1, 0.15) is 22.0 Å². The van der Waals surface area contributed by atoms with Crippen molar-refractivity contribution in [3.05, 3.63) is 71.9 Å². The first-order chi connectivity index (χ1) is 25.9. The first kappa shape index (κ1) is 41.2. The Labute approximate surface area is 314 Å². The van der Waals surface area contributed by atoms with E-state index in [1.165, 1.54) is 19.1 Å². The van der Waals surface area contributed by atoms with Crippen LogP contribution in [0.4, 0.5) is 22.7 Å². The van der Waals surface area contributed by atoms with Crippen molar-refractivity contribution in [2.45, 2.75) is 21.6 Å². The summed E-state index contributed by atoms with van der Waals surface area (Å²) < 4.78 is 127. The number of fused-ring (bicyclic) bond motifs is 1. The van der Waals surface area contributed by atoms with Crippen molar-refractivity contribution in [1.29, 1.82) is 0 Å². The van der Waals surface area contributed by atoms with Gasteiger partial charge in [0, 0.05) is 11.5 Å². The van der Waals surface area contributed by atoms with Gasteiger partial charge in [0.15, 0.2) is 21.3 Å². The summed E-state index contributed by atoms with van der Waals surface area (Å²) in [6.07, 6.45) is 0. The van der Waals surface area contributed by atoms with E-state index in [4.69, 9.17) is 4.55 Å². The van der Waals surface area contributed by atoms with Gasteiger partial charge in [-0.05, 0) is 66.4 Å². The summed E-state index contributed by atoms with van der Waals surface area (Å²) in [7, 11) is -18.9. The Morgan fingerprint density at radius 2 is 1.41 bits per heavy atom. The Hall–Kier alpha value is -5.94. The van der Waals surface area contributed by atoms with Gasteiger partial charge in [0.2, 0.25) is 11.6 Å². The number of carboxylic acid groups (broad SMARTS) is 1. The Balaban J connectivity index is 1.53. The number of nitrogens with zero attached hydrogens (tertiary/aromatic N) is 6. The average molecular weight is 857 g/mol. The summed E-state index contributed by atoms with van der Waals surface area (Å²) in [5.74, 6) is -5.19. The second-order valence-corrected chi connectivity index (χ2v) is 17.2. The molecular weight excluding hydrogens is 833 g/mol. The van der Waals surface area contributed by atoms with Gasteiger partial charge in [-0.3, -0.25) is 13.7 Å². The maximum absolute atomic E-state index is 12.7. The molecule has 0 radical (unpaired) electrons. The van der Waals surface area contributed by atoms with Crippen LogP contribution in [0, 0.1) is 6.92 Å². The number of carboxylic acids is 1. The van der Waals surface area contributed by atoms with Crippen LogP contribution in [0.25, 0.3) is 16.5 Å². The molecule has 1 aromatic heterocycles. The number of aromatic carboxylic acids is 1. The van der Waals surface area contributed by atoms with Gasteiger partial charge in [-0.1, -0.05) is 6.07 Å². The number of azo groups is 2. The highest BCUT2D eigenvalue weighted by atomic mass is 32.3. The van der Waals surface area contributed by atoms with E-state index in [9.17, 15) is 68.0 Å². The Kier molecular flexibility index (Phi) is 11.0. The van der Waals surface area contributed by atoms with Crippen molar-refractivity contribution in [2.75, 3.05) is 12.4 Å². The number of phenols is 2. The zero-order chi connectivity index (χ0) is 41.5. The summed E-state index contributed by atoms with van der Waals surface area (Å²) >= 11 is 0. The number of aromatic hydroxyl groups is 3. The van der Waals surface area contributed by atoms with Gasteiger partial charge in [0.25, 0.3) is 20.2 Å². The van der Waals surface area contributed by atoms with Crippen molar-refractivity contribution in [2.24, 2.45) is 20.5 Å². The molecule has 0 aliphatic rings. The van der Waals surface area contributed by atoms with Crippen LogP contribution in [0.1, 0.15) is 16.1 Å². The number of aryl methyl sites for hydroxylation is 1. The second-order valence-electron chi connectivity index (χ2n) is 11.2. The Morgan fingerprint density at radius 1 is 0.768 bits per heavy atom. The predicted molar refractivity (Wildman–Crippen MR) is 188 cm³/mol. The van der Waals surface area contributed by atoms with Crippen LogP contribution in [0.3, 0.4) is 0 Å². The molecule has 56 heavy (non-hydrogen) atoms. The normalized spacial score (nSPS) is 12.9. The maximum Gasteiger partial charge on any atom is 0.397 e. The number of sulfone groups is 1. The van der Waals surface area contributed by atoms with Gasteiger partial charge in [-0.2, -0.15) is 40.1 Å². The molecule has 0 aliphatic heterocycles. The third-order valence-corrected chi connectivity index (χ3v) is 11.5. The minimum absolute atomic E-state index is 0.0190. The highest BCUT2D eigenvalue weighted by Crippen LogP contribution is 2.44. The van der Waals surface area contributed by atoms with E-state index in [1.54, 1.807) is 0 Å². The van der Waals surface area contributed by atoms with Crippen LogP contribution in [-0.2, 0) is 44.7 Å². The van der Waals surface area contributed by atoms with Gasteiger partial charge in [0.05, 0.1) is 33.5 Å². The molecule has 0 bridgehead atoms. The third-order valence-electron chi connectivity index (χ3n) is 7.45. The molecular formula is C29H24N6O17S4. The van der Waals surface area contributed by atoms with Gasteiger partial charge < -0.3 is 20.4 Å². The highest BCUT2D eigenvalue weighted by molar-refractivity contribution is 7.91. The predicted octanol–water partition coefficient (Wildman–Crippen LogP) is 4.07. The largest absolute Gasteiger partial charge is 0.506 e. The Bertz CT molecular complexity index is 2950. The molecule has 0 aliphatic carbocycles. The van der Waals surface area contributed by atoms with Crippen molar-refractivity contribution in [1.82, 2.24) is 9.78 Å². The second kappa shape index (κ2) is 15.0. The van der Waals surface area contributed by atoms with E-state index >= 15 is 0 Å². The molecule has 0 unspecified atom stereocenters. The average Bonchev–Trinajstić information content (AvgIpc) is 3.42. The molecule has 5 aromatic rings. The standard InChI is InChI=1S/C29H24N6O17S4/c1-14-10-20(21(36)13-22(14)53(41,42)9-8-52-56(49,50)51)31-32-24-23(55(46,47)48)11-15-2-3-16(12-19(15)27(24)37)30-33-25-26(29(39)40)34-35(28(25)38)17-4-6-18(7-5-17)54(43,44)45/h2-7,10-13,36-38H,8-9H2,1H3,(H,39,40)(H,43,44,45)(H,46,47,48)(H,49,50,51). The molecule has 0 atom stereocenters. The molecule has 0 saturated carbocycles. The third kappa shape index (κ3) is 8.95. The van der Waals surface area contributed by atoms with Crippen LogP contribution in [-0.4, -0.2) is 95.9 Å². The lowest BCUT2D eigenvalue weighted by Crippen LogP contribution is -2.16. The van der Waals surface area contributed by atoms with Crippen LogP contribution in [0.15, 0.2) is 95.8 Å². The van der Waals surface area contributed by atoms with Gasteiger partial charge in [-0.15, -0.1) is 15.3 Å². The molecule has 0 fully saturated rings. The fraction of sp³-hybridized carbons (Fsp3) is 0.103. The van der Waals surface area contributed by atoms with E-state index in [0.29, 0.717) is 4.68 Å². The zero-order valence-electron chi connectivity index (χ0n) is 27.7. The fourth-order valence-corrected chi connectivity index (χ4v) is 7.81. The summed E-state index contributed by atoms with van der Waals surface area (Å²) in [6.45, 7) is 0.303. The quantitative estimate of drug-likeness (QED) is 0.0648. The lowest BCUT2D eigenvalue weighted by molar-refractivity contribution is 0.0690. The smallest absolute Gasteiger partial charge is 0.397 e. The molecule has 0 amide bonds. The minimum atomic E-state index is -5.12. The van der Waals surface area contributed by atoms with Crippen molar-refractivity contribution in [3.63, 3.8) is 0 Å². The summed E-state index contributed by atoms with van der Waals surface area (Å²) in [4.78, 5) is 9.97. The van der Waals surface area contributed by atoms with Crippen LogP contribution < -0.4 is 0 Å². The molecule has 1 heterocycles. The summed E-state index contributed by atoms with van der Waals surface area (Å²) in [5.41, 5.74) is -3.03. The first-order valence-electron chi connectivity index (χ1n) is 14.8. The number of phenolic OH excluding ortho intramolecular Hbond substituents is 2. The Morgan fingerprint density at radius 3 is 2.00 bits per heavy atom. The van der Waals surface area contributed by atoms with Crippen LogP contribution in [0.2, 0.25) is 0 Å². The van der Waals surface area contributed by atoms with E-state index in [-0.39, 0.29) is 27.7 Å². The lowest BCUT2D eigenvalue weighted by atomic mass is 10.1. The number of carbonyl (C=O) groups is 1. The number of rotatable bonds is 13. The lowest BCUT2D eigenvalue weighted by Gasteiger charge is -2.11. The number of benzene rings is 4. The van der Waals surface area contributed by atoms with E-state index < -0.39 is 114 Å². The zero-order valence-corrected chi connectivity index (χ0v) is 31.0. The summed E-state index contributed by atoms with van der Waals surface area (Å²) in [6, 6.07) is 10.3. The number of hydrogen-bond acceptors (Lipinski definition) is 18. The fourth-order valence-electron chi connectivity index (χ4n) is 4.91. The van der Waals surface area contributed by atoms with Gasteiger partial charge in [-0.25, -0.2) is 17.4 Å². The molecule has 4 aromatic carbocycles. The van der Waals surface area contributed by atoms with Crippen LogP contribution in [0.5, 0.6) is 17.4 Å². The monoisotopic (exact) mass is 856 g/mol. The van der Waals surface area contributed by atoms with E-state index in [1.807, 2.05) is 0 Å². The first-order valence-corrected chi connectivity index (χ1v) is 20.7. The maximum atomic E-state index is 12.7. The van der Waals surface area contributed by atoms with E-state index in [2.05, 4.69) is 29.7 Å². The molecule has 296 valence electrons. The topological polar surface area (TPSA) is 372 Å². The van der Waals surface area contributed by atoms with Crippen LogP contribution >= 0.6 is 0 Å². The van der Waals surface area contributed by atoms with E-state index in [0.717, 1.165) is 48.5 Å². The van der Waals surface area contributed by atoms with Gasteiger partial charge >= 0.3 is 16.4 Å². The molecule has 23 nitrogen and oxygen atoms in total. The summed E-state index contributed by atoms with van der Waals surface area (Å²) in [5, 5.41) is 60.7. The molecule has 0 saturated heterocycles. The molecule has 7 N–H and O–H groups in total. The molecule has 0 spiro atoms. The molecule has 5 rings (SSSR count). The highest BCUT2D eigenvalue weighted by Gasteiger charge is 2.26. The number of aromatic nitrogens is 2. The molecule has 27 heteroatoms. The SMILES string of the molecule is Cc1cc(N=Nc2c(S(=O)(=O)O)cc3ccc(N=Nc4c(C(=O)O)nn(-c5ccc(S(=O)(=O)O)cc5)c4O)cc3c2O)c(O)cc1S(=O)(=O)CCOS(=O)(=O)O. The van der Waals surface area contributed by atoms with Crippen molar-refractivity contribution in [3.8, 4) is 23.1 Å². The minimum Gasteiger partial charge on any atom is -0.506 e. The number of hydrogen-bond donors (Lipinski definition) is 7. The van der Waals surface area contributed by atoms with Crippen molar-refractivity contribution >= 4 is 80.0 Å². The van der Waals surface area contributed by atoms with Crippen molar-refractivity contribution < 1.29 is 76.7 Å².